The predicted molar refractivity (Wildman–Crippen MR) is 73.6 cm³/mol. The number of nitrogen functional groups attached to an aromatic ring is 1. The second kappa shape index (κ2) is 5.35. The Morgan fingerprint density at radius 2 is 1.53 bits per heavy atom. The van der Waals surface area contributed by atoms with Crippen molar-refractivity contribution in [1.29, 1.82) is 5.41 Å². The number of amidine groups is 1. The molecule has 4 N–H and O–H groups in total. The molecule has 0 atom stereocenters. The van der Waals surface area contributed by atoms with Gasteiger partial charge in [0.05, 0.1) is 0 Å². The SMILES string of the molecule is N=C(N)c1ccc(CC(=O)c2ccc(O)cc2)cc1. The van der Waals surface area contributed by atoms with Gasteiger partial charge in [0.2, 0.25) is 0 Å². The van der Waals surface area contributed by atoms with E-state index in [0.717, 1.165) is 5.56 Å². The number of hydrogen-bond acceptors (Lipinski definition) is 3. The zero-order valence-corrected chi connectivity index (χ0v) is 10.3. The summed E-state index contributed by atoms with van der Waals surface area (Å²) in [6.07, 6.45) is 0.281. The molecule has 0 aliphatic carbocycles. The summed E-state index contributed by atoms with van der Waals surface area (Å²) in [4.78, 5) is 12.0. The van der Waals surface area contributed by atoms with Gasteiger partial charge in [-0.1, -0.05) is 24.3 Å². The molecule has 19 heavy (non-hydrogen) atoms. The Hall–Kier alpha value is -2.62. The van der Waals surface area contributed by atoms with Crippen molar-refractivity contribution in [2.75, 3.05) is 0 Å². The van der Waals surface area contributed by atoms with Crippen LogP contribution in [-0.2, 0) is 6.42 Å². The van der Waals surface area contributed by atoms with Crippen molar-refractivity contribution < 1.29 is 9.90 Å². The smallest absolute Gasteiger partial charge is 0.167 e. The first-order valence-electron chi connectivity index (χ1n) is 5.82. The molecule has 2 rings (SSSR count). The maximum Gasteiger partial charge on any atom is 0.167 e. The normalized spacial score (nSPS) is 10.1. The van der Waals surface area contributed by atoms with Gasteiger partial charge in [-0.25, -0.2) is 0 Å². The number of benzene rings is 2. The van der Waals surface area contributed by atoms with Crippen molar-refractivity contribution in [2.45, 2.75) is 6.42 Å². The van der Waals surface area contributed by atoms with Crippen molar-refractivity contribution in [3.63, 3.8) is 0 Å². The van der Waals surface area contributed by atoms with Crippen LogP contribution in [0.2, 0.25) is 0 Å². The highest BCUT2D eigenvalue weighted by molar-refractivity contribution is 5.98. The standard InChI is InChI=1S/C15H14N2O2/c16-15(17)12-3-1-10(2-4-12)9-14(19)11-5-7-13(18)8-6-11/h1-8,18H,9H2,(H3,16,17). The summed E-state index contributed by atoms with van der Waals surface area (Å²) < 4.78 is 0. The van der Waals surface area contributed by atoms with Crippen LogP contribution in [0.25, 0.3) is 0 Å². The highest BCUT2D eigenvalue weighted by Gasteiger charge is 2.07. The maximum absolute atomic E-state index is 12.0. The van der Waals surface area contributed by atoms with E-state index < -0.39 is 0 Å². The Kier molecular flexibility index (Phi) is 3.61. The molecule has 0 unspecified atom stereocenters. The Balaban J connectivity index is 2.10. The lowest BCUT2D eigenvalue weighted by Gasteiger charge is -2.03. The molecule has 0 saturated carbocycles. The number of hydrogen-bond donors (Lipinski definition) is 3. The number of ketones is 1. The van der Waals surface area contributed by atoms with E-state index in [9.17, 15) is 4.79 Å². The molecule has 2 aromatic carbocycles. The van der Waals surface area contributed by atoms with Crippen molar-refractivity contribution in [1.82, 2.24) is 0 Å². The van der Waals surface area contributed by atoms with E-state index >= 15 is 0 Å². The van der Waals surface area contributed by atoms with Crippen LogP contribution in [0.1, 0.15) is 21.5 Å². The molecule has 2 aromatic rings. The van der Waals surface area contributed by atoms with E-state index in [4.69, 9.17) is 16.2 Å². The van der Waals surface area contributed by atoms with Gasteiger partial charge in [0.15, 0.2) is 5.78 Å². The number of phenols is 1. The molecule has 4 heteroatoms. The molecular weight excluding hydrogens is 240 g/mol. The summed E-state index contributed by atoms with van der Waals surface area (Å²) in [5.74, 6) is 0.134. The average molecular weight is 254 g/mol. The van der Waals surface area contributed by atoms with E-state index in [2.05, 4.69) is 0 Å². The van der Waals surface area contributed by atoms with Crippen molar-refractivity contribution in [2.24, 2.45) is 5.73 Å². The highest BCUT2D eigenvalue weighted by atomic mass is 16.3. The fourth-order valence-electron chi connectivity index (χ4n) is 1.74. The Bertz CT molecular complexity index is 601. The molecule has 0 aliphatic rings. The van der Waals surface area contributed by atoms with Crippen LogP contribution >= 0.6 is 0 Å². The second-order valence-corrected chi connectivity index (χ2v) is 4.26. The van der Waals surface area contributed by atoms with Gasteiger partial charge in [-0.3, -0.25) is 10.2 Å². The minimum atomic E-state index is -0.0180. The molecule has 0 radical (unpaired) electrons. The molecular formula is C15H14N2O2. The predicted octanol–water partition coefficient (Wildman–Crippen LogP) is 2.10. The van der Waals surface area contributed by atoms with E-state index in [0.29, 0.717) is 11.1 Å². The number of carbonyl (C=O) groups is 1. The molecule has 0 aliphatic heterocycles. The van der Waals surface area contributed by atoms with E-state index in [1.54, 1.807) is 36.4 Å². The summed E-state index contributed by atoms with van der Waals surface area (Å²) in [5.41, 5.74) is 7.43. The highest BCUT2D eigenvalue weighted by Crippen LogP contribution is 2.13. The van der Waals surface area contributed by atoms with Gasteiger partial charge >= 0.3 is 0 Å². The minimum absolute atomic E-state index is 0.0106. The summed E-state index contributed by atoms with van der Waals surface area (Å²) >= 11 is 0. The molecule has 96 valence electrons. The number of rotatable bonds is 4. The van der Waals surface area contributed by atoms with Crippen molar-refractivity contribution in [3.8, 4) is 5.75 Å². The van der Waals surface area contributed by atoms with Gasteiger partial charge in [0, 0.05) is 17.5 Å². The average Bonchev–Trinajstić information content (AvgIpc) is 2.40. The van der Waals surface area contributed by atoms with Crippen LogP contribution in [-0.4, -0.2) is 16.7 Å². The Labute approximate surface area is 111 Å². The quantitative estimate of drug-likeness (QED) is 0.443. The fourth-order valence-corrected chi connectivity index (χ4v) is 1.74. The molecule has 0 spiro atoms. The summed E-state index contributed by atoms with van der Waals surface area (Å²) in [6, 6.07) is 13.2. The van der Waals surface area contributed by atoms with Crippen LogP contribution in [0, 0.1) is 5.41 Å². The van der Waals surface area contributed by atoms with Crippen LogP contribution < -0.4 is 5.73 Å². The number of carbonyl (C=O) groups excluding carboxylic acids is 1. The first-order chi connectivity index (χ1) is 9.06. The fraction of sp³-hybridized carbons (Fsp3) is 0.0667. The van der Waals surface area contributed by atoms with Crippen molar-refractivity contribution >= 4 is 11.6 Å². The van der Waals surface area contributed by atoms with Gasteiger partial charge in [-0.15, -0.1) is 0 Å². The van der Waals surface area contributed by atoms with Crippen molar-refractivity contribution in [3.05, 3.63) is 65.2 Å². The second-order valence-electron chi connectivity index (χ2n) is 4.26. The molecule has 0 amide bonds. The Morgan fingerprint density at radius 1 is 1.00 bits per heavy atom. The maximum atomic E-state index is 12.0. The number of aromatic hydroxyl groups is 1. The van der Waals surface area contributed by atoms with Gasteiger partial charge in [-0.05, 0) is 29.8 Å². The lowest BCUT2D eigenvalue weighted by molar-refractivity contribution is 0.0993. The van der Waals surface area contributed by atoms with Crippen LogP contribution in [0.3, 0.4) is 0 Å². The van der Waals surface area contributed by atoms with E-state index in [-0.39, 0.29) is 23.8 Å². The number of phenolic OH excluding ortho intramolecular Hbond substituents is 1. The Morgan fingerprint density at radius 3 is 2.05 bits per heavy atom. The molecule has 0 aromatic heterocycles. The van der Waals surface area contributed by atoms with Gasteiger partial charge in [-0.2, -0.15) is 0 Å². The summed E-state index contributed by atoms with van der Waals surface area (Å²) in [6.45, 7) is 0. The third-order valence-electron chi connectivity index (χ3n) is 2.82. The number of nitrogens with one attached hydrogen (secondary N) is 1. The van der Waals surface area contributed by atoms with Gasteiger partial charge in [0.1, 0.15) is 11.6 Å². The third kappa shape index (κ3) is 3.19. The van der Waals surface area contributed by atoms with E-state index in [1.165, 1.54) is 12.1 Å². The van der Waals surface area contributed by atoms with Crippen LogP contribution in [0.4, 0.5) is 0 Å². The van der Waals surface area contributed by atoms with Gasteiger partial charge < -0.3 is 10.8 Å². The van der Waals surface area contributed by atoms with Crippen LogP contribution in [0.5, 0.6) is 5.75 Å². The van der Waals surface area contributed by atoms with Gasteiger partial charge in [0.25, 0.3) is 0 Å². The lowest BCUT2D eigenvalue weighted by atomic mass is 10.0. The topological polar surface area (TPSA) is 87.2 Å². The number of Topliss-reactive ketones (excluding diaryl/α,β-unsaturated/α-hetero) is 1. The van der Waals surface area contributed by atoms with E-state index in [1.807, 2.05) is 0 Å². The minimum Gasteiger partial charge on any atom is -0.508 e. The molecule has 4 nitrogen and oxygen atoms in total. The largest absolute Gasteiger partial charge is 0.508 e. The third-order valence-corrected chi connectivity index (χ3v) is 2.82. The molecule has 0 saturated heterocycles. The summed E-state index contributed by atoms with van der Waals surface area (Å²) in [7, 11) is 0. The molecule has 0 heterocycles. The van der Waals surface area contributed by atoms with Crippen LogP contribution in [0.15, 0.2) is 48.5 Å². The first kappa shape index (κ1) is 12.8. The first-order valence-corrected chi connectivity index (χ1v) is 5.82. The summed E-state index contributed by atoms with van der Waals surface area (Å²) in [5, 5.41) is 16.5. The number of nitrogens with two attached hydrogens (primary N) is 1. The molecule has 0 fully saturated rings. The monoisotopic (exact) mass is 254 g/mol. The zero-order chi connectivity index (χ0) is 13.8. The lowest BCUT2D eigenvalue weighted by Crippen LogP contribution is -2.11. The molecule has 0 bridgehead atoms. The zero-order valence-electron chi connectivity index (χ0n) is 10.3.